The quantitative estimate of drug-likeness (QED) is 0.682. The van der Waals surface area contributed by atoms with Gasteiger partial charge in [0.2, 0.25) is 5.91 Å². The number of amides is 1. The van der Waals surface area contributed by atoms with Crippen LogP contribution in [-0.2, 0) is 9.53 Å². The maximum absolute atomic E-state index is 12.1. The highest BCUT2D eigenvalue weighted by atomic mass is 16.5. The highest BCUT2D eigenvalue weighted by Crippen LogP contribution is 2.16. The zero-order valence-electron chi connectivity index (χ0n) is 11.6. The normalized spacial score (nSPS) is 26.2. The second kappa shape index (κ2) is 6.97. The van der Waals surface area contributed by atoms with Crippen molar-refractivity contribution in [1.29, 1.82) is 0 Å². The van der Waals surface area contributed by atoms with E-state index in [1.807, 2.05) is 11.8 Å². The van der Waals surface area contributed by atoms with Gasteiger partial charge in [-0.05, 0) is 34.2 Å². The Morgan fingerprint density at radius 1 is 1.29 bits per heavy atom. The molecule has 1 aliphatic rings. The number of rotatable bonds is 5. The Morgan fingerprint density at radius 3 is 2.65 bits per heavy atom. The maximum atomic E-state index is 12.1. The van der Waals surface area contributed by atoms with Gasteiger partial charge >= 0.3 is 0 Å². The molecule has 0 spiro atoms. The van der Waals surface area contributed by atoms with E-state index in [0.717, 1.165) is 26.1 Å². The summed E-state index contributed by atoms with van der Waals surface area (Å²) in [5.74, 6) is 0.275. The molecule has 0 aromatic carbocycles. The van der Waals surface area contributed by atoms with Crippen LogP contribution < -0.4 is 0 Å². The Labute approximate surface area is 105 Å². The van der Waals surface area contributed by atoms with Gasteiger partial charge in [-0.25, -0.2) is 0 Å². The van der Waals surface area contributed by atoms with Crippen LogP contribution in [0.2, 0.25) is 0 Å². The SMILES string of the molecule is CCOCCCC(=O)N1CCN(C)[C@H](C)[C@@H]1C. The lowest BCUT2D eigenvalue weighted by Crippen LogP contribution is -2.57. The summed E-state index contributed by atoms with van der Waals surface area (Å²) in [6, 6.07) is 0.757. The van der Waals surface area contributed by atoms with Crippen LogP contribution in [0.25, 0.3) is 0 Å². The minimum atomic E-state index is 0.275. The van der Waals surface area contributed by atoms with Gasteiger partial charge in [0.1, 0.15) is 0 Å². The molecular formula is C13H26N2O2. The third kappa shape index (κ3) is 3.96. The Morgan fingerprint density at radius 2 is 2.00 bits per heavy atom. The van der Waals surface area contributed by atoms with Crippen molar-refractivity contribution >= 4 is 5.91 Å². The fourth-order valence-electron chi connectivity index (χ4n) is 2.27. The van der Waals surface area contributed by atoms with Crippen molar-refractivity contribution in [2.75, 3.05) is 33.4 Å². The number of carbonyl (C=O) groups excluding carboxylic acids is 1. The molecule has 0 aromatic heterocycles. The van der Waals surface area contributed by atoms with Crippen LogP contribution in [0.5, 0.6) is 0 Å². The average Bonchev–Trinajstić information content (AvgIpc) is 2.31. The number of hydrogen-bond acceptors (Lipinski definition) is 3. The van der Waals surface area contributed by atoms with Crippen LogP contribution in [0.4, 0.5) is 0 Å². The molecule has 0 N–H and O–H groups in total. The molecule has 1 heterocycles. The molecule has 1 saturated heterocycles. The summed E-state index contributed by atoms with van der Waals surface area (Å²) in [7, 11) is 2.12. The van der Waals surface area contributed by atoms with Gasteiger partial charge in [-0.1, -0.05) is 0 Å². The second-order valence-corrected chi connectivity index (χ2v) is 4.85. The van der Waals surface area contributed by atoms with Gasteiger partial charge in [-0.15, -0.1) is 0 Å². The smallest absolute Gasteiger partial charge is 0.222 e. The summed E-state index contributed by atoms with van der Waals surface area (Å²) in [6.07, 6.45) is 1.45. The second-order valence-electron chi connectivity index (χ2n) is 4.85. The molecule has 2 atom stereocenters. The van der Waals surface area contributed by atoms with Gasteiger partial charge < -0.3 is 9.64 Å². The minimum absolute atomic E-state index is 0.275. The van der Waals surface area contributed by atoms with E-state index in [2.05, 4.69) is 25.8 Å². The van der Waals surface area contributed by atoms with Crippen LogP contribution in [-0.4, -0.2) is 61.1 Å². The molecule has 0 unspecified atom stereocenters. The first-order chi connectivity index (χ1) is 8.07. The number of carbonyl (C=O) groups is 1. The van der Waals surface area contributed by atoms with Crippen LogP contribution in [0.3, 0.4) is 0 Å². The maximum Gasteiger partial charge on any atom is 0.222 e. The number of piperazine rings is 1. The molecule has 1 rings (SSSR count). The lowest BCUT2D eigenvalue weighted by Gasteiger charge is -2.43. The molecule has 4 heteroatoms. The first kappa shape index (κ1) is 14.5. The number of nitrogens with zero attached hydrogens (tertiary/aromatic N) is 2. The summed E-state index contributed by atoms with van der Waals surface area (Å²) in [5.41, 5.74) is 0. The van der Waals surface area contributed by atoms with Crippen molar-refractivity contribution in [3.05, 3.63) is 0 Å². The Bertz CT molecular complexity index is 246. The summed E-state index contributed by atoms with van der Waals surface area (Å²) in [4.78, 5) is 16.4. The van der Waals surface area contributed by atoms with E-state index in [1.165, 1.54) is 0 Å². The zero-order valence-corrected chi connectivity index (χ0v) is 11.6. The molecule has 1 fully saturated rings. The van der Waals surface area contributed by atoms with Crippen molar-refractivity contribution in [2.45, 2.75) is 45.7 Å². The van der Waals surface area contributed by atoms with Gasteiger partial charge in [0, 0.05) is 44.8 Å². The molecule has 0 bridgehead atoms. The first-order valence-corrected chi connectivity index (χ1v) is 6.65. The molecule has 0 aromatic rings. The standard InChI is InChI=1S/C13H26N2O2/c1-5-17-10-6-7-13(16)15-9-8-14(4)11(2)12(15)3/h11-12H,5-10H2,1-4H3/t11-,12+/m1/s1. The Hall–Kier alpha value is -0.610. The van der Waals surface area contributed by atoms with E-state index >= 15 is 0 Å². The molecule has 0 radical (unpaired) electrons. The minimum Gasteiger partial charge on any atom is -0.382 e. The highest BCUT2D eigenvalue weighted by Gasteiger charge is 2.30. The first-order valence-electron chi connectivity index (χ1n) is 6.65. The number of hydrogen-bond donors (Lipinski definition) is 0. The monoisotopic (exact) mass is 242 g/mol. The Balaban J connectivity index is 2.36. The zero-order chi connectivity index (χ0) is 12.8. The van der Waals surface area contributed by atoms with Gasteiger partial charge in [0.15, 0.2) is 0 Å². The summed E-state index contributed by atoms with van der Waals surface area (Å²) >= 11 is 0. The average molecular weight is 242 g/mol. The topological polar surface area (TPSA) is 32.8 Å². The van der Waals surface area contributed by atoms with Gasteiger partial charge in [0.25, 0.3) is 0 Å². The fraction of sp³-hybridized carbons (Fsp3) is 0.923. The van der Waals surface area contributed by atoms with E-state index < -0.39 is 0 Å². The van der Waals surface area contributed by atoms with E-state index in [9.17, 15) is 4.79 Å². The van der Waals surface area contributed by atoms with Crippen molar-refractivity contribution in [3.63, 3.8) is 0 Å². The number of ether oxygens (including phenoxy) is 1. The van der Waals surface area contributed by atoms with E-state index in [1.54, 1.807) is 0 Å². The van der Waals surface area contributed by atoms with E-state index in [4.69, 9.17) is 4.74 Å². The number of likely N-dealkylation sites (N-methyl/N-ethyl adjacent to an activating group) is 1. The molecule has 100 valence electrons. The lowest BCUT2D eigenvalue weighted by molar-refractivity contribution is -0.137. The molecule has 1 aliphatic heterocycles. The van der Waals surface area contributed by atoms with Crippen molar-refractivity contribution in [3.8, 4) is 0 Å². The van der Waals surface area contributed by atoms with Gasteiger partial charge in [0.05, 0.1) is 0 Å². The lowest BCUT2D eigenvalue weighted by atomic mass is 10.0. The third-order valence-electron chi connectivity index (χ3n) is 3.78. The van der Waals surface area contributed by atoms with Crippen molar-refractivity contribution in [1.82, 2.24) is 9.80 Å². The van der Waals surface area contributed by atoms with Gasteiger partial charge in [-0.3, -0.25) is 9.69 Å². The summed E-state index contributed by atoms with van der Waals surface area (Å²) in [5, 5.41) is 0. The fourth-order valence-corrected chi connectivity index (χ4v) is 2.27. The molecule has 0 saturated carbocycles. The Kier molecular flexibility index (Phi) is 5.92. The predicted octanol–water partition coefficient (Wildman–Crippen LogP) is 1.35. The van der Waals surface area contributed by atoms with E-state index in [0.29, 0.717) is 25.1 Å². The van der Waals surface area contributed by atoms with Crippen LogP contribution in [0.1, 0.15) is 33.6 Å². The largest absolute Gasteiger partial charge is 0.382 e. The van der Waals surface area contributed by atoms with Crippen LogP contribution >= 0.6 is 0 Å². The molecular weight excluding hydrogens is 216 g/mol. The van der Waals surface area contributed by atoms with Gasteiger partial charge in [-0.2, -0.15) is 0 Å². The summed E-state index contributed by atoms with van der Waals surface area (Å²) in [6.45, 7) is 9.56. The summed E-state index contributed by atoms with van der Waals surface area (Å²) < 4.78 is 5.26. The predicted molar refractivity (Wildman–Crippen MR) is 69.0 cm³/mol. The third-order valence-corrected chi connectivity index (χ3v) is 3.78. The van der Waals surface area contributed by atoms with Crippen LogP contribution in [0, 0.1) is 0 Å². The van der Waals surface area contributed by atoms with Crippen LogP contribution in [0.15, 0.2) is 0 Å². The molecule has 4 nitrogen and oxygen atoms in total. The molecule has 1 amide bonds. The molecule has 0 aliphatic carbocycles. The van der Waals surface area contributed by atoms with E-state index in [-0.39, 0.29) is 5.91 Å². The highest BCUT2D eigenvalue weighted by molar-refractivity contribution is 5.76. The van der Waals surface area contributed by atoms with Crippen molar-refractivity contribution in [2.24, 2.45) is 0 Å². The van der Waals surface area contributed by atoms with Crippen molar-refractivity contribution < 1.29 is 9.53 Å². The molecule has 17 heavy (non-hydrogen) atoms.